The molecule has 0 saturated heterocycles. The first kappa shape index (κ1) is 16.2. The lowest BCUT2D eigenvalue weighted by atomic mass is 9.99. The van der Waals surface area contributed by atoms with Crippen molar-refractivity contribution in [3.8, 4) is 0 Å². The molecule has 1 aromatic heterocycles. The number of hydrogen-bond acceptors (Lipinski definition) is 1. The Balaban J connectivity index is 2.01. The normalized spacial score (nSPS) is 12.0. The summed E-state index contributed by atoms with van der Waals surface area (Å²) < 4.78 is 1.97. The third-order valence-corrected chi connectivity index (χ3v) is 4.30. The fourth-order valence-corrected chi connectivity index (χ4v) is 2.41. The summed E-state index contributed by atoms with van der Waals surface area (Å²) in [5.41, 5.74) is 4.46. The summed E-state index contributed by atoms with van der Waals surface area (Å²) in [5, 5.41) is 2.96. The van der Waals surface area contributed by atoms with Crippen molar-refractivity contribution in [3.63, 3.8) is 0 Å². The second kappa shape index (κ2) is 7.21. The van der Waals surface area contributed by atoms with E-state index in [1.807, 2.05) is 35.9 Å². The van der Waals surface area contributed by atoms with Gasteiger partial charge in [0, 0.05) is 24.2 Å². The average Bonchev–Trinajstić information content (AvgIpc) is 2.52. The zero-order valence-electron chi connectivity index (χ0n) is 13.9. The fourth-order valence-electron chi connectivity index (χ4n) is 2.41. The first-order chi connectivity index (χ1) is 10.5. The van der Waals surface area contributed by atoms with Gasteiger partial charge >= 0.3 is 0 Å². The van der Waals surface area contributed by atoms with Crippen molar-refractivity contribution in [2.45, 2.75) is 46.6 Å². The molecule has 2 aromatic rings. The van der Waals surface area contributed by atoms with Crippen LogP contribution in [0.2, 0.25) is 0 Å². The molecule has 0 aliphatic heterocycles. The zero-order chi connectivity index (χ0) is 16.1. The molecule has 0 aliphatic rings. The predicted molar refractivity (Wildman–Crippen MR) is 89.9 cm³/mol. The molecule has 1 amide bonds. The summed E-state index contributed by atoms with van der Waals surface area (Å²) in [7, 11) is 0. The largest absolute Gasteiger partial charge is 0.321 e. The number of anilines is 1. The van der Waals surface area contributed by atoms with E-state index in [4.69, 9.17) is 0 Å². The third kappa shape index (κ3) is 3.94. The van der Waals surface area contributed by atoms with Crippen LogP contribution < -0.4 is 9.88 Å². The average molecular weight is 297 g/mol. The minimum Gasteiger partial charge on any atom is -0.321 e. The van der Waals surface area contributed by atoms with Gasteiger partial charge in [0.15, 0.2) is 11.9 Å². The van der Waals surface area contributed by atoms with E-state index in [9.17, 15) is 4.79 Å². The molecular weight excluding hydrogens is 272 g/mol. The van der Waals surface area contributed by atoms with Gasteiger partial charge in [0.05, 0.1) is 0 Å². The number of carbonyl (C=O) groups is 1. The quantitative estimate of drug-likeness (QED) is 0.838. The number of nitrogens with zero attached hydrogens (tertiary/aromatic N) is 1. The summed E-state index contributed by atoms with van der Waals surface area (Å²) >= 11 is 0. The van der Waals surface area contributed by atoms with E-state index in [2.05, 4.69) is 44.3 Å². The van der Waals surface area contributed by atoms with Crippen molar-refractivity contribution in [1.82, 2.24) is 0 Å². The molecule has 1 aromatic carbocycles. The number of hydrogen-bond donors (Lipinski definition) is 1. The predicted octanol–water partition coefficient (Wildman–Crippen LogP) is 3.74. The summed E-state index contributed by atoms with van der Waals surface area (Å²) in [4.78, 5) is 12.2. The highest BCUT2D eigenvalue weighted by atomic mass is 16.1. The monoisotopic (exact) mass is 297 g/mol. The molecule has 1 N–H and O–H groups in total. The first-order valence-electron chi connectivity index (χ1n) is 7.86. The molecule has 0 radical (unpaired) electrons. The highest BCUT2D eigenvalue weighted by Gasteiger charge is 2.14. The molecule has 0 saturated carbocycles. The number of nitrogens with one attached hydrogen (secondary N) is 1. The van der Waals surface area contributed by atoms with Crippen LogP contribution >= 0.6 is 0 Å². The number of aryl methyl sites for hydroxylation is 1. The van der Waals surface area contributed by atoms with E-state index >= 15 is 0 Å². The summed E-state index contributed by atoms with van der Waals surface area (Å²) in [5.74, 6) is 0.547. The number of pyridine rings is 1. The fraction of sp³-hybridized carbons (Fsp3) is 0.368. The lowest BCUT2D eigenvalue weighted by molar-refractivity contribution is -0.690. The Hall–Kier alpha value is -2.16. The zero-order valence-corrected chi connectivity index (χ0v) is 13.9. The van der Waals surface area contributed by atoms with Crippen LogP contribution in [0.1, 0.15) is 43.0 Å². The molecule has 3 heteroatoms. The maximum atomic E-state index is 12.2. The Kier molecular flexibility index (Phi) is 5.31. The standard InChI is InChI=1S/C19H24N2O/c1-5-14(2)17-8-10-18(11-9-17)20-19(22)13-21-12-6-7-15(3)16(21)4/h6-12,14H,5,13H2,1-4H3/p+1/t14-/m1/s1. The summed E-state index contributed by atoms with van der Waals surface area (Å²) in [6.07, 6.45) is 3.06. The van der Waals surface area contributed by atoms with Gasteiger partial charge in [-0.2, -0.15) is 4.57 Å². The third-order valence-electron chi connectivity index (χ3n) is 4.30. The smallest absolute Gasteiger partial charge is 0.290 e. The molecule has 1 heterocycles. The number of benzene rings is 1. The highest BCUT2D eigenvalue weighted by Crippen LogP contribution is 2.20. The van der Waals surface area contributed by atoms with Gasteiger partial charge in [-0.15, -0.1) is 0 Å². The maximum Gasteiger partial charge on any atom is 0.290 e. The van der Waals surface area contributed by atoms with Crippen molar-refractivity contribution in [3.05, 3.63) is 59.4 Å². The topological polar surface area (TPSA) is 33.0 Å². The Labute approximate surface area is 133 Å². The number of amides is 1. The molecular formula is C19H25N2O+. The van der Waals surface area contributed by atoms with Crippen molar-refractivity contribution < 1.29 is 9.36 Å². The molecule has 116 valence electrons. The Morgan fingerprint density at radius 1 is 1.18 bits per heavy atom. The summed E-state index contributed by atoms with van der Waals surface area (Å²) in [6, 6.07) is 12.2. The van der Waals surface area contributed by atoms with Gasteiger partial charge in [-0.05, 0) is 43.0 Å². The number of carbonyl (C=O) groups excluding carboxylic acids is 1. The molecule has 0 fully saturated rings. The second-order valence-electron chi connectivity index (χ2n) is 5.88. The van der Waals surface area contributed by atoms with Crippen molar-refractivity contribution in [2.75, 3.05) is 5.32 Å². The molecule has 22 heavy (non-hydrogen) atoms. The molecule has 1 atom stereocenters. The first-order valence-corrected chi connectivity index (χ1v) is 7.86. The van der Waals surface area contributed by atoms with Crippen LogP contribution in [0.3, 0.4) is 0 Å². The van der Waals surface area contributed by atoms with E-state index in [1.165, 1.54) is 11.1 Å². The van der Waals surface area contributed by atoms with Crippen LogP contribution in [-0.4, -0.2) is 5.91 Å². The Morgan fingerprint density at radius 3 is 2.50 bits per heavy atom. The number of rotatable bonds is 5. The van der Waals surface area contributed by atoms with Crippen molar-refractivity contribution >= 4 is 11.6 Å². The van der Waals surface area contributed by atoms with Crippen LogP contribution in [0.5, 0.6) is 0 Å². The van der Waals surface area contributed by atoms with E-state index < -0.39 is 0 Å². The molecule has 0 aliphatic carbocycles. The van der Waals surface area contributed by atoms with E-state index in [0.717, 1.165) is 17.8 Å². The van der Waals surface area contributed by atoms with Gasteiger partial charge in [-0.25, -0.2) is 0 Å². The minimum absolute atomic E-state index is 0.00464. The van der Waals surface area contributed by atoms with Gasteiger partial charge in [-0.1, -0.05) is 26.0 Å². The van der Waals surface area contributed by atoms with E-state index in [1.54, 1.807) is 0 Å². The molecule has 0 bridgehead atoms. The van der Waals surface area contributed by atoms with Crippen LogP contribution in [-0.2, 0) is 11.3 Å². The van der Waals surface area contributed by atoms with Crippen molar-refractivity contribution in [2.24, 2.45) is 0 Å². The Bertz CT molecular complexity index is 647. The number of aromatic nitrogens is 1. The minimum atomic E-state index is -0.00464. The van der Waals surface area contributed by atoms with E-state index in [0.29, 0.717) is 12.5 Å². The lowest BCUT2D eigenvalue weighted by Crippen LogP contribution is -2.43. The maximum absolute atomic E-state index is 12.2. The SMILES string of the molecule is CC[C@@H](C)c1ccc(NC(=O)C[n+]2cccc(C)c2C)cc1. The van der Waals surface area contributed by atoms with Crippen LogP contribution in [0.15, 0.2) is 42.6 Å². The van der Waals surface area contributed by atoms with Gasteiger partial charge in [0.25, 0.3) is 5.91 Å². The van der Waals surface area contributed by atoms with Crippen LogP contribution in [0, 0.1) is 13.8 Å². The lowest BCUT2D eigenvalue weighted by Gasteiger charge is -2.10. The molecule has 0 spiro atoms. The van der Waals surface area contributed by atoms with Crippen LogP contribution in [0.4, 0.5) is 5.69 Å². The molecule has 3 nitrogen and oxygen atoms in total. The summed E-state index contributed by atoms with van der Waals surface area (Å²) in [6.45, 7) is 8.81. The second-order valence-corrected chi connectivity index (χ2v) is 5.88. The van der Waals surface area contributed by atoms with Crippen LogP contribution in [0.25, 0.3) is 0 Å². The molecule has 0 unspecified atom stereocenters. The van der Waals surface area contributed by atoms with Gasteiger partial charge in [-0.3, -0.25) is 4.79 Å². The van der Waals surface area contributed by atoms with Crippen molar-refractivity contribution in [1.29, 1.82) is 0 Å². The van der Waals surface area contributed by atoms with Gasteiger partial charge in [0.1, 0.15) is 0 Å². The molecule has 2 rings (SSSR count). The van der Waals surface area contributed by atoms with Gasteiger partial charge < -0.3 is 5.32 Å². The van der Waals surface area contributed by atoms with E-state index in [-0.39, 0.29) is 5.91 Å². The van der Waals surface area contributed by atoms with Gasteiger partial charge in [0.2, 0.25) is 6.54 Å². The Morgan fingerprint density at radius 2 is 1.86 bits per heavy atom. The highest BCUT2D eigenvalue weighted by molar-refractivity contribution is 5.89.